The lowest BCUT2D eigenvalue weighted by atomic mass is 10.2. The van der Waals surface area contributed by atoms with E-state index in [4.69, 9.17) is 20.9 Å². The minimum Gasteiger partial charge on any atom is -0.367 e. The van der Waals surface area contributed by atoms with Crippen molar-refractivity contribution < 1.29 is 14.1 Å². The maximum absolute atomic E-state index is 12.7. The first kappa shape index (κ1) is 22.0. The molecule has 0 spiro atoms. The molecule has 0 fully saturated rings. The van der Waals surface area contributed by atoms with Crippen LogP contribution in [0.5, 0.6) is 0 Å². The molecule has 0 aliphatic carbocycles. The molecule has 1 heterocycles. The smallest absolute Gasteiger partial charge is 0.248 e. The van der Waals surface area contributed by atoms with Gasteiger partial charge in [-0.05, 0) is 35.7 Å². The number of ether oxygens (including phenoxy) is 1. The molecule has 7 heteroatoms. The molecule has 1 aromatic heterocycles. The van der Waals surface area contributed by atoms with Gasteiger partial charge in [0, 0.05) is 30.1 Å². The first-order chi connectivity index (χ1) is 14.5. The number of nitrogens with zero attached hydrogens (tertiary/aromatic N) is 3. The van der Waals surface area contributed by atoms with E-state index in [9.17, 15) is 4.79 Å². The second-order valence-electron chi connectivity index (χ2n) is 7.48. The van der Waals surface area contributed by atoms with Gasteiger partial charge in [0.25, 0.3) is 0 Å². The minimum atomic E-state index is -0.0444. The second-order valence-corrected chi connectivity index (χ2v) is 7.92. The maximum Gasteiger partial charge on any atom is 0.248 e. The maximum atomic E-state index is 12.7. The SMILES string of the molecule is CC(C)CN(CCc1nc(-c2ccc(Cl)cc2)no1)C(=O)COCc1ccccc1. The van der Waals surface area contributed by atoms with E-state index in [1.807, 2.05) is 42.5 Å². The number of carbonyl (C=O) groups is 1. The van der Waals surface area contributed by atoms with E-state index >= 15 is 0 Å². The second kappa shape index (κ2) is 10.9. The van der Waals surface area contributed by atoms with E-state index in [0.29, 0.717) is 48.8 Å². The van der Waals surface area contributed by atoms with Gasteiger partial charge in [0.05, 0.1) is 6.61 Å². The Bertz CT molecular complexity index is 926. The molecule has 158 valence electrons. The molecular weight excluding hydrogens is 402 g/mol. The largest absolute Gasteiger partial charge is 0.367 e. The number of hydrogen-bond acceptors (Lipinski definition) is 5. The molecule has 2 aromatic carbocycles. The van der Waals surface area contributed by atoms with Crippen molar-refractivity contribution in [1.82, 2.24) is 15.0 Å². The zero-order valence-electron chi connectivity index (χ0n) is 17.3. The number of carbonyl (C=O) groups excluding carboxylic acids is 1. The molecule has 0 bridgehead atoms. The van der Waals surface area contributed by atoms with Crippen LogP contribution in [0.25, 0.3) is 11.4 Å². The fourth-order valence-corrected chi connectivity index (χ4v) is 3.11. The van der Waals surface area contributed by atoms with Crippen molar-refractivity contribution in [2.75, 3.05) is 19.7 Å². The molecule has 0 saturated carbocycles. The van der Waals surface area contributed by atoms with E-state index in [1.165, 1.54) is 0 Å². The third-order valence-corrected chi connectivity index (χ3v) is 4.69. The van der Waals surface area contributed by atoms with Gasteiger partial charge in [0.2, 0.25) is 17.6 Å². The van der Waals surface area contributed by atoms with Gasteiger partial charge in [-0.15, -0.1) is 0 Å². The Balaban J connectivity index is 1.54. The highest BCUT2D eigenvalue weighted by molar-refractivity contribution is 6.30. The zero-order valence-corrected chi connectivity index (χ0v) is 18.0. The quantitative estimate of drug-likeness (QED) is 0.471. The molecule has 0 atom stereocenters. The van der Waals surface area contributed by atoms with Gasteiger partial charge in [-0.1, -0.05) is 60.9 Å². The summed E-state index contributed by atoms with van der Waals surface area (Å²) in [5.41, 5.74) is 1.88. The lowest BCUT2D eigenvalue weighted by Crippen LogP contribution is -2.38. The molecule has 6 nitrogen and oxygen atoms in total. The first-order valence-corrected chi connectivity index (χ1v) is 10.4. The van der Waals surface area contributed by atoms with Crippen LogP contribution in [0.15, 0.2) is 59.1 Å². The Morgan fingerprint density at radius 3 is 2.57 bits per heavy atom. The summed E-state index contributed by atoms with van der Waals surface area (Å²) >= 11 is 5.92. The van der Waals surface area contributed by atoms with Crippen molar-refractivity contribution in [3.63, 3.8) is 0 Å². The van der Waals surface area contributed by atoms with Crippen molar-refractivity contribution in [2.45, 2.75) is 26.9 Å². The van der Waals surface area contributed by atoms with Crippen LogP contribution < -0.4 is 0 Å². The van der Waals surface area contributed by atoms with E-state index in [2.05, 4.69) is 24.0 Å². The van der Waals surface area contributed by atoms with Crippen molar-refractivity contribution in [1.29, 1.82) is 0 Å². The van der Waals surface area contributed by atoms with Crippen LogP contribution >= 0.6 is 11.6 Å². The molecule has 0 aliphatic rings. The average molecular weight is 428 g/mol. The van der Waals surface area contributed by atoms with Crippen molar-refractivity contribution >= 4 is 17.5 Å². The number of hydrogen-bond donors (Lipinski definition) is 0. The van der Waals surface area contributed by atoms with Gasteiger partial charge >= 0.3 is 0 Å². The lowest BCUT2D eigenvalue weighted by Gasteiger charge is -2.24. The molecular formula is C23H26ClN3O3. The normalized spacial score (nSPS) is 11.1. The van der Waals surface area contributed by atoms with Crippen molar-refractivity contribution in [2.24, 2.45) is 5.92 Å². The Morgan fingerprint density at radius 1 is 1.13 bits per heavy atom. The van der Waals surface area contributed by atoms with Crippen molar-refractivity contribution in [3.05, 3.63) is 71.1 Å². The predicted octanol–water partition coefficient (Wildman–Crippen LogP) is 4.63. The summed E-state index contributed by atoms with van der Waals surface area (Å²) in [6.07, 6.45) is 0.484. The van der Waals surface area contributed by atoms with E-state index in [-0.39, 0.29) is 12.5 Å². The molecule has 3 rings (SSSR count). The highest BCUT2D eigenvalue weighted by Gasteiger charge is 2.17. The summed E-state index contributed by atoms with van der Waals surface area (Å²) in [7, 11) is 0. The van der Waals surface area contributed by atoms with Gasteiger partial charge in [-0.3, -0.25) is 4.79 Å². The van der Waals surface area contributed by atoms with E-state index in [1.54, 1.807) is 17.0 Å². The van der Waals surface area contributed by atoms with Crippen LogP contribution in [0, 0.1) is 5.92 Å². The third-order valence-electron chi connectivity index (χ3n) is 4.44. The fraction of sp³-hybridized carbons (Fsp3) is 0.348. The average Bonchev–Trinajstić information content (AvgIpc) is 3.21. The number of rotatable bonds is 10. The van der Waals surface area contributed by atoms with Gasteiger partial charge in [-0.25, -0.2) is 0 Å². The van der Waals surface area contributed by atoms with Crippen LogP contribution in [0.1, 0.15) is 25.3 Å². The summed E-state index contributed by atoms with van der Waals surface area (Å²) < 4.78 is 11.0. The Kier molecular flexibility index (Phi) is 7.99. The molecule has 0 N–H and O–H groups in total. The van der Waals surface area contributed by atoms with E-state index < -0.39 is 0 Å². The lowest BCUT2D eigenvalue weighted by molar-refractivity contribution is -0.137. The Morgan fingerprint density at radius 2 is 1.87 bits per heavy atom. The van der Waals surface area contributed by atoms with Gasteiger partial charge in [-0.2, -0.15) is 4.98 Å². The summed E-state index contributed by atoms with van der Waals surface area (Å²) in [5, 5.41) is 4.68. The van der Waals surface area contributed by atoms with Crippen LogP contribution in [0.2, 0.25) is 5.02 Å². The summed E-state index contributed by atoms with van der Waals surface area (Å²) in [6.45, 7) is 5.75. The molecule has 0 saturated heterocycles. The Hall–Kier alpha value is -2.70. The van der Waals surface area contributed by atoms with Gasteiger partial charge in [0.15, 0.2) is 0 Å². The van der Waals surface area contributed by atoms with Crippen LogP contribution in [-0.2, 0) is 22.6 Å². The predicted molar refractivity (Wildman–Crippen MR) is 116 cm³/mol. The minimum absolute atomic E-state index is 0.0431. The van der Waals surface area contributed by atoms with Crippen LogP contribution in [0.4, 0.5) is 0 Å². The molecule has 0 unspecified atom stereocenters. The first-order valence-electron chi connectivity index (χ1n) is 9.99. The van der Waals surface area contributed by atoms with Crippen LogP contribution in [-0.4, -0.2) is 40.6 Å². The Labute approximate surface area is 181 Å². The van der Waals surface area contributed by atoms with Gasteiger partial charge in [0.1, 0.15) is 6.61 Å². The fourth-order valence-electron chi connectivity index (χ4n) is 2.98. The highest BCUT2D eigenvalue weighted by atomic mass is 35.5. The monoisotopic (exact) mass is 427 g/mol. The van der Waals surface area contributed by atoms with Crippen LogP contribution in [0.3, 0.4) is 0 Å². The molecule has 30 heavy (non-hydrogen) atoms. The zero-order chi connectivity index (χ0) is 21.3. The molecule has 3 aromatic rings. The number of amides is 1. The molecule has 1 amide bonds. The summed E-state index contributed by atoms with van der Waals surface area (Å²) in [5.74, 6) is 1.30. The topological polar surface area (TPSA) is 68.5 Å². The van der Waals surface area contributed by atoms with E-state index in [0.717, 1.165) is 11.1 Å². The number of benzene rings is 2. The summed E-state index contributed by atoms with van der Waals surface area (Å²) in [4.78, 5) is 18.9. The number of aromatic nitrogens is 2. The van der Waals surface area contributed by atoms with Crippen molar-refractivity contribution in [3.8, 4) is 11.4 Å². The standard InChI is InChI=1S/C23H26ClN3O3/c1-17(2)14-27(22(28)16-29-15-18-6-4-3-5-7-18)13-12-21-25-23(26-30-21)19-8-10-20(24)11-9-19/h3-11,17H,12-16H2,1-2H3. The molecule has 0 aliphatic heterocycles. The van der Waals surface area contributed by atoms with Gasteiger partial charge < -0.3 is 14.2 Å². The number of halogens is 1. The third kappa shape index (κ3) is 6.68. The summed E-state index contributed by atoms with van der Waals surface area (Å²) in [6, 6.07) is 17.1. The molecule has 0 radical (unpaired) electrons. The highest BCUT2D eigenvalue weighted by Crippen LogP contribution is 2.19.